The van der Waals surface area contributed by atoms with Crippen LogP contribution in [0.4, 0.5) is 11.5 Å². The lowest BCUT2D eigenvalue weighted by Gasteiger charge is -2.60. The third-order valence-corrected chi connectivity index (χ3v) is 13.8. The smallest absolute Gasteiger partial charge is 0.328 e. The second-order valence-electron chi connectivity index (χ2n) is 17.7. The lowest BCUT2D eigenvalue weighted by atomic mass is 9.51. The zero-order valence-corrected chi connectivity index (χ0v) is 38.3. The van der Waals surface area contributed by atoms with E-state index in [1.807, 2.05) is 11.8 Å². The Morgan fingerprint density at radius 3 is 2.05 bits per heavy atom. The molecule has 20 heteroatoms. The van der Waals surface area contributed by atoms with E-state index in [9.17, 15) is 29.1 Å². The van der Waals surface area contributed by atoms with Gasteiger partial charge in [-0.2, -0.15) is 10.5 Å². The Labute approximate surface area is 386 Å². The zero-order chi connectivity index (χ0) is 47.6. The van der Waals surface area contributed by atoms with E-state index in [4.69, 9.17) is 33.0 Å². The van der Waals surface area contributed by atoms with Gasteiger partial charge >= 0.3 is 11.9 Å². The fraction of sp³-hybridized carbons (Fsp3) is 0.667. The summed E-state index contributed by atoms with van der Waals surface area (Å²) in [5, 5.41) is 54.1. The number of carboxylic acid groups (broad SMARTS) is 2. The van der Waals surface area contributed by atoms with Crippen molar-refractivity contribution in [1.82, 2.24) is 30.3 Å². The van der Waals surface area contributed by atoms with Gasteiger partial charge in [-0.15, -0.1) is 11.8 Å². The quantitative estimate of drug-likeness (QED) is 0.0803. The van der Waals surface area contributed by atoms with Crippen molar-refractivity contribution in [1.29, 1.82) is 10.5 Å². The van der Waals surface area contributed by atoms with Crippen LogP contribution in [-0.4, -0.2) is 151 Å². The van der Waals surface area contributed by atoms with Gasteiger partial charge in [-0.05, 0) is 88.0 Å². The normalized spacial score (nSPS) is 26.8. The average molecular weight is 920 g/mol. The highest BCUT2D eigenvalue weighted by Gasteiger charge is 2.57. The highest BCUT2D eigenvalue weighted by Crippen LogP contribution is 2.57. The summed E-state index contributed by atoms with van der Waals surface area (Å²) in [5.74, 6) is 1.74. The van der Waals surface area contributed by atoms with Crippen molar-refractivity contribution in [2.45, 2.75) is 114 Å². The Balaban J connectivity index is 0.000000203. The van der Waals surface area contributed by atoms with Crippen LogP contribution in [0, 0.1) is 47.0 Å². The number of aliphatic hydroxyl groups is 1. The van der Waals surface area contributed by atoms with E-state index in [1.165, 1.54) is 12.6 Å². The number of carbonyl (C=O) groups is 5. The number of nitrogens with one attached hydrogen (secondary N) is 3. The standard InChI is InChI=1S/C17H25N3O2.C15H18N6O.C9H18N2OS.C4H4O4/c18-9-14-2-1-3-20(14)15(21)10-19-16-5-12-4-13(6-16)8-17(22,7-12)11-16;1-17-12-4-5-14(20-10-12)19-7-6-18-11-15(22)21-8-2-3-13(21)9-16;1-3-7(2)8(10)9(12)11-4-5-13-6-11;5-3(6)1-2-4(7)8/h12-14,19,22H,1-8,10-11H2;4-5,10,13,18H,2-3,6-8,11H2,(H,19,20);7-8H,3-6,10H2,1-2H3;1-2H,(H,5,6)(H,7,8)/b;;;2-1+/t12?,13?,14-,16?,17?;13-;7-,8-;/m000./s1. The van der Waals surface area contributed by atoms with Crippen LogP contribution < -0.4 is 21.7 Å². The summed E-state index contributed by atoms with van der Waals surface area (Å²) in [5.41, 5.74) is 5.81. The van der Waals surface area contributed by atoms with Crippen LogP contribution in [0.25, 0.3) is 4.85 Å². The molecule has 8 N–H and O–H groups in total. The highest BCUT2D eigenvalue weighted by molar-refractivity contribution is 7.99. The number of aromatic nitrogens is 1. The van der Waals surface area contributed by atoms with Gasteiger partial charge in [0.25, 0.3) is 0 Å². The average Bonchev–Trinajstić information content (AvgIpc) is 4.10. The number of nitrogens with zero attached hydrogens (tertiary/aromatic N) is 7. The number of carbonyl (C=O) groups excluding carboxylic acids is 3. The summed E-state index contributed by atoms with van der Waals surface area (Å²) in [6.45, 7) is 15.0. The first-order valence-electron chi connectivity index (χ1n) is 22.4. The fourth-order valence-corrected chi connectivity index (χ4v) is 10.7. The molecule has 1 aromatic rings. The van der Waals surface area contributed by atoms with Gasteiger partial charge in [-0.25, -0.2) is 14.4 Å². The van der Waals surface area contributed by atoms with Crippen molar-refractivity contribution in [3.05, 3.63) is 41.9 Å². The van der Waals surface area contributed by atoms with Crippen LogP contribution in [0.3, 0.4) is 0 Å². The van der Waals surface area contributed by atoms with E-state index < -0.39 is 17.5 Å². The van der Waals surface area contributed by atoms with E-state index in [1.54, 1.807) is 33.7 Å². The topological polar surface area (TPSA) is 283 Å². The predicted octanol–water partition coefficient (Wildman–Crippen LogP) is 2.93. The van der Waals surface area contributed by atoms with Crippen molar-refractivity contribution in [3.63, 3.8) is 0 Å². The van der Waals surface area contributed by atoms with Gasteiger partial charge in [0.1, 0.15) is 17.9 Å². The second-order valence-corrected chi connectivity index (χ2v) is 18.8. The Morgan fingerprint density at radius 1 is 0.969 bits per heavy atom. The van der Waals surface area contributed by atoms with Crippen molar-refractivity contribution in [2.24, 2.45) is 23.5 Å². The van der Waals surface area contributed by atoms with Crippen molar-refractivity contribution in [3.8, 4) is 12.1 Å². The molecule has 6 atom stereocenters. The van der Waals surface area contributed by atoms with Crippen molar-refractivity contribution >= 4 is 52.9 Å². The molecule has 4 heterocycles. The molecule has 3 saturated heterocycles. The lowest BCUT2D eigenvalue weighted by Crippen LogP contribution is -2.65. The van der Waals surface area contributed by atoms with Crippen LogP contribution in [0.5, 0.6) is 0 Å². The maximum absolute atomic E-state index is 12.4. The number of hydrogen-bond acceptors (Lipinski definition) is 14. The summed E-state index contributed by atoms with van der Waals surface area (Å²) in [6.07, 6.45) is 13.1. The van der Waals surface area contributed by atoms with Gasteiger partial charge in [0.05, 0.1) is 49.3 Å². The molecule has 0 radical (unpaired) electrons. The number of anilines is 1. The second kappa shape index (κ2) is 25.4. The number of pyridine rings is 1. The van der Waals surface area contributed by atoms with Gasteiger partial charge in [-0.1, -0.05) is 26.3 Å². The number of thioether (sulfide) groups is 1. The first-order valence-corrected chi connectivity index (χ1v) is 23.6. The third-order valence-electron chi connectivity index (χ3n) is 12.8. The summed E-state index contributed by atoms with van der Waals surface area (Å²) < 4.78 is 0. The molecule has 7 fully saturated rings. The van der Waals surface area contributed by atoms with Gasteiger partial charge in [-0.3, -0.25) is 19.4 Å². The zero-order valence-electron chi connectivity index (χ0n) is 37.5. The number of aliphatic carboxylic acids is 2. The molecule has 7 aliphatic rings. The predicted molar refractivity (Wildman–Crippen MR) is 244 cm³/mol. The SMILES string of the molecule is CC[C@H](C)[C@H](N)C(=O)N1CCSC1.N#C[C@@H]1CCCN1C(=O)CNC12CC3CC(CC(O)(C3)C1)C2.O=C(O)/C=C/C(=O)O.[C-]#[N+]c1ccc(NCCNCC(=O)N2CCC[C@H]2C#N)nc1. The summed E-state index contributed by atoms with van der Waals surface area (Å²) >= 11 is 1.80. The minimum absolute atomic E-state index is 0.0245. The Kier molecular flexibility index (Phi) is 20.5. The van der Waals surface area contributed by atoms with Crippen molar-refractivity contribution in [2.75, 3.05) is 62.8 Å². The van der Waals surface area contributed by atoms with Gasteiger partial charge in [0.2, 0.25) is 23.4 Å². The molecular weight excluding hydrogens is 855 g/mol. The number of nitrogens with two attached hydrogens (primary N) is 1. The summed E-state index contributed by atoms with van der Waals surface area (Å²) in [6, 6.07) is 7.04. The molecule has 4 aliphatic carbocycles. The number of carboxylic acids is 2. The maximum atomic E-state index is 12.4. The van der Waals surface area contributed by atoms with Crippen LogP contribution in [-0.2, 0) is 24.0 Å². The van der Waals surface area contributed by atoms with E-state index >= 15 is 0 Å². The highest BCUT2D eigenvalue weighted by atomic mass is 32.2. The van der Waals surface area contributed by atoms with Crippen molar-refractivity contribution < 1.29 is 39.3 Å². The Hall–Kier alpha value is -5.30. The van der Waals surface area contributed by atoms with Crippen LogP contribution >= 0.6 is 11.8 Å². The molecule has 3 aliphatic heterocycles. The minimum Gasteiger partial charge on any atom is -0.478 e. The van der Waals surface area contributed by atoms with E-state index in [0.717, 1.165) is 82.4 Å². The molecule has 8 rings (SSSR count). The molecule has 4 bridgehead atoms. The molecule has 4 saturated carbocycles. The number of hydrogen-bond donors (Lipinski definition) is 7. The molecule has 3 amide bonds. The number of nitriles is 2. The molecule has 65 heavy (non-hydrogen) atoms. The summed E-state index contributed by atoms with van der Waals surface area (Å²) in [7, 11) is 0. The monoisotopic (exact) mass is 919 g/mol. The van der Waals surface area contributed by atoms with E-state index in [2.05, 4.69) is 44.8 Å². The molecule has 354 valence electrons. The van der Waals surface area contributed by atoms with Crippen LogP contribution in [0.1, 0.15) is 84.5 Å². The molecule has 2 unspecified atom stereocenters. The third kappa shape index (κ3) is 16.0. The van der Waals surface area contributed by atoms with Crippen LogP contribution in [0.15, 0.2) is 30.5 Å². The molecule has 0 spiro atoms. The van der Waals surface area contributed by atoms with Gasteiger partial charge < -0.3 is 51.7 Å². The number of amides is 3. The molecule has 19 nitrogen and oxygen atoms in total. The maximum Gasteiger partial charge on any atom is 0.328 e. The minimum atomic E-state index is -1.26. The Bertz CT molecular complexity index is 1910. The van der Waals surface area contributed by atoms with Gasteiger partial charge in [0.15, 0.2) is 0 Å². The molecule has 0 aromatic carbocycles. The molecular formula is C45H65N11O8S. The van der Waals surface area contributed by atoms with E-state index in [-0.39, 0.29) is 53.8 Å². The van der Waals surface area contributed by atoms with E-state index in [0.29, 0.717) is 68.2 Å². The first-order chi connectivity index (χ1) is 31.0. The lowest BCUT2D eigenvalue weighted by molar-refractivity contribution is -0.147. The molecule has 1 aromatic heterocycles. The summed E-state index contributed by atoms with van der Waals surface area (Å²) in [4.78, 5) is 67.9. The van der Waals surface area contributed by atoms with Gasteiger partial charge in [0, 0.05) is 62.4 Å². The fourth-order valence-electron chi connectivity index (χ4n) is 9.76. The van der Waals surface area contributed by atoms with Crippen LogP contribution in [0.2, 0.25) is 0 Å². The largest absolute Gasteiger partial charge is 0.478 e. The number of likely N-dealkylation sites (tertiary alicyclic amines) is 2. The Morgan fingerprint density at radius 2 is 1.57 bits per heavy atom. The first kappa shape index (κ1) is 52.3. The number of rotatable bonds is 14.